The van der Waals surface area contributed by atoms with Gasteiger partial charge in [-0.3, -0.25) is 4.98 Å². The van der Waals surface area contributed by atoms with Crippen LogP contribution in [0.2, 0.25) is 5.02 Å². The molecule has 1 heterocycles. The molecule has 0 aliphatic heterocycles. The summed E-state index contributed by atoms with van der Waals surface area (Å²) in [6, 6.07) is 8.36. The Hall–Kier alpha value is -1.74. The van der Waals surface area contributed by atoms with Crippen molar-refractivity contribution in [2.75, 3.05) is 7.11 Å². The molecular weight excluding hydrogens is 226 g/mol. The number of aromatic nitrogens is 1. The summed E-state index contributed by atoms with van der Waals surface area (Å²) in [7, 11) is 1.56. The molecule has 0 saturated carbocycles. The van der Waals surface area contributed by atoms with Gasteiger partial charge in [0.25, 0.3) is 0 Å². The van der Waals surface area contributed by atoms with Crippen molar-refractivity contribution < 1.29 is 9.84 Å². The van der Waals surface area contributed by atoms with E-state index in [9.17, 15) is 5.11 Å². The molecule has 4 heteroatoms. The monoisotopic (exact) mass is 235 g/mol. The van der Waals surface area contributed by atoms with E-state index in [1.807, 2.05) is 0 Å². The lowest BCUT2D eigenvalue weighted by molar-refractivity contribution is 0.414. The van der Waals surface area contributed by atoms with Gasteiger partial charge in [-0.05, 0) is 30.3 Å². The summed E-state index contributed by atoms with van der Waals surface area (Å²) >= 11 is 5.88. The van der Waals surface area contributed by atoms with Gasteiger partial charge in [-0.15, -0.1) is 0 Å². The Morgan fingerprint density at radius 1 is 1.31 bits per heavy atom. The molecule has 2 rings (SSSR count). The van der Waals surface area contributed by atoms with Crippen LogP contribution in [0.3, 0.4) is 0 Å². The zero-order valence-electron chi connectivity index (χ0n) is 8.64. The summed E-state index contributed by atoms with van der Waals surface area (Å²) in [6.45, 7) is 0. The molecule has 16 heavy (non-hydrogen) atoms. The number of nitrogens with zero attached hydrogens (tertiary/aromatic N) is 1. The van der Waals surface area contributed by atoms with Crippen LogP contribution in [0.4, 0.5) is 0 Å². The van der Waals surface area contributed by atoms with Crippen LogP contribution in [0, 0.1) is 0 Å². The van der Waals surface area contributed by atoms with Crippen LogP contribution in [-0.4, -0.2) is 17.2 Å². The predicted molar refractivity (Wildman–Crippen MR) is 62.9 cm³/mol. The molecule has 3 nitrogen and oxygen atoms in total. The summed E-state index contributed by atoms with van der Waals surface area (Å²) in [5.74, 6) is 0.724. The minimum atomic E-state index is 0.126. The fraction of sp³-hybridized carbons (Fsp3) is 0.0833. The Balaban J connectivity index is 2.62. The molecular formula is C12H10ClNO2. The normalized spacial score (nSPS) is 10.1. The third-order valence-electron chi connectivity index (χ3n) is 2.20. The molecule has 0 unspecified atom stereocenters. The standard InChI is InChI=1S/C12H10ClNO2/c1-16-11-3-2-6-14-12(11)9-7-8(13)4-5-10(9)15/h2-7,15H,1H3. The van der Waals surface area contributed by atoms with E-state index in [4.69, 9.17) is 16.3 Å². The van der Waals surface area contributed by atoms with Crippen molar-refractivity contribution in [3.63, 3.8) is 0 Å². The fourth-order valence-electron chi connectivity index (χ4n) is 1.46. The molecule has 0 saturated heterocycles. The van der Waals surface area contributed by atoms with Crippen LogP contribution in [0.1, 0.15) is 0 Å². The Bertz CT molecular complexity index is 514. The highest BCUT2D eigenvalue weighted by atomic mass is 35.5. The van der Waals surface area contributed by atoms with Gasteiger partial charge in [0.05, 0.1) is 7.11 Å². The van der Waals surface area contributed by atoms with Gasteiger partial charge < -0.3 is 9.84 Å². The first-order chi connectivity index (χ1) is 7.72. The van der Waals surface area contributed by atoms with Gasteiger partial charge >= 0.3 is 0 Å². The highest BCUT2D eigenvalue weighted by molar-refractivity contribution is 6.31. The summed E-state index contributed by atoms with van der Waals surface area (Å²) in [6.07, 6.45) is 1.64. The third kappa shape index (κ3) is 1.95. The van der Waals surface area contributed by atoms with Gasteiger partial charge in [-0.2, -0.15) is 0 Å². The fourth-order valence-corrected chi connectivity index (χ4v) is 1.63. The van der Waals surface area contributed by atoms with E-state index in [1.165, 1.54) is 6.07 Å². The van der Waals surface area contributed by atoms with Crippen molar-refractivity contribution in [1.29, 1.82) is 0 Å². The molecule has 82 valence electrons. The zero-order chi connectivity index (χ0) is 11.5. The predicted octanol–water partition coefficient (Wildman–Crippen LogP) is 3.12. The van der Waals surface area contributed by atoms with Gasteiger partial charge in [0, 0.05) is 16.8 Å². The Labute approximate surface area is 98.3 Å². The Morgan fingerprint density at radius 2 is 2.12 bits per heavy atom. The van der Waals surface area contributed by atoms with Crippen LogP contribution in [0.15, 0.2) is 36.5 Å². The molecule has 0 bridgehead atoms. The first kappa shape index (κ1) is 10.8. The lowest BCUT2D eigenvalue weighted by atomic mass is 10.1. The second-order valence-corrected chi connectivity index (χ2v) is 3.65. The van der Waals surface area contributed by atoms with E-state index in [0.717, 1.165) is 0 Å². The lowest BCUT2D eigenvalue weighted by Crippen LogP contribution is -1.90. The van der Waals surface area contributed by atoms with Crippen molar-refractivity contribution in [3.05, 3.63) is 41.6 Å². The number of rotatable bonds is 2. The number of ether oxygens (including phenoxy) is 1. The van der Waals surface area contributed by atoms with Crippen LogP contribution >= 0.6 is 11.6 Å². The van der Waals surface area contributed by atoms with Gasteiger partial charge in [0.2, 0.25) is 0 Å². The van der Waals surface area contributed by atoms with E-state index >= 15 is 0 Å². The summed E-state index contributed by atoms with van der Waals surface area (Å²) in [4.78, 5) is 4.18. The van der Waals surface area contributed by atoms with Gasteiger partial charge in [-0.25, -0.2) is 0 Å². The molecule has 0 amide bonds. The summed E-state index contributed by atoms with van der Waals surface area (Å²) in [5.41, 5.74) is 1.13. The maximum atomic E-state index is 9.75. The molecule has 0 atom stereocenters. The lowest BCUT2D eigenvalue weighted by Gasteiger charge is -2.08. The summed E-state index contributed by atoms with van der Waals surface area (Å²) in [5, 5.41) is 10.3. The molecule has 0 spiro atoms. The van der Waals surface area contributed by atoms with Gasteiger partial charge in [-0.1, -0.05) is 11.6 Å². The molecule has 0 aliphatic carbocycles. The zero-order valence-corrected chi connectivity index (χ0v) is 9.40. The quantitative estimate of drug-likeness (QED) is 0.870. The third-order valence-corrected chi connectivity index (χ3v) is 2.44. The minimum absolute atomic E-state index is 0.126. The highest BCUT2D eigenvalue weighted by Crippen LogP contribution is 2.35. The molecule has 1 aromatic heterocycles. The number of phenolic OH excluding ortho intramolecular Hbond substituents is 1. The maximum absolute atomic E-state index is 9.75. The van der Waals surface area contributed by atoms with Crippen molar-refractivity contribution in [1.82, 2.24) is 4.98 Å². The van der Waals surface area contributed by atoms with E-state index in [2.05, 4.69) is 4.98 Å². The largest absolute Gasteiger partial charge is 0.507 e. The average molecular weight is 236 g/mol. The van der Waals surface area contributed by atoms with E-state index in [0.29, 0.717) is 22.0 Å². The number of hydrogen-bond donors (Lipinski definition) is 1. The Morgan fingerprint density at radius 3 is 2.88 bits per heavy atom. The number of phenols is 1. The van der Waals surface area contributed by atoms with Crippen molar-refractivity contribution >= 4 is 11.6 Å². The van der Waals surface area contributed by atoms with E-state index < -0.39 is 0 Å². The summed E-state index contributed by atoms with van der Waals surface area (Å²) < 4.78 is 5.18. The first-order valence-corrected chi connectivity index (χ1v) is 5.08. The second-order valence-electron chi connectivity index (χ2n) is 3.22. The maximum Gasteiger partial charge on any atom is 0.145 e. The molecule has 0 fully saturated rings. The van der Waals surface area contributed by atoms with Crippen LogP contribution in [-0.2, 0) is 0 Å². The van der Waals surface area contributed by atoms with Gasteiger partial charge in [0.15, 0.2) is 0 Å². The molecule has 1 N–H and O–H groups in total. The highest BCUT2D eigenvalue weighted by Gasteiger charge is 2.11. The first-order valence-electron chi connectivity index (χ1n) is 4.70. The van der Waals surface area contributed by atoms with Crippen molar-refractivity contribution in [3.8, 4) is 22.8 Å². The smallest absolute Gasteiger partial charge is 0.145 e. The SMILES string of the molecule is COc1cccnc1-c1cc(Cl)ccc1O. The molecule has 2 aromatic rings. The van der Waals surface area contributed by atoms with Crippen molar-refractivity contribution in [2.45, 2.75) is 0 Å². The number of benzene rings is 1. The van der Waals surface area contributed by atoms with Crippen LogP contribution in [0.5, 0.6) is 11.5 Å². The number of halogens is 1. The molecule has 0 radical (unpaired) electrons. The topological polar surface area (TPSA) is 42.4 Å². The second kappa shape index (κ2) is 4.41. The van der Waals surface area contributed by atoms with Crippen LogP contribution in [0.25, 0.3) is 11.3 Å². The van der Waals surface area contributed by atoms with E-state index in [1.54, 1.807) is 37.6 Å². The Kier molecular flexibility index (Phi) is 2.97. The van der Waals surface area contributed by atoms with E-state index in [-0.39, 0.29) is 5.75 Å². The molecule has 0 aliphatic rings. The number of pyridine rings is 1. The van der Waals surface area contributed by atoms with Crippen LogP contribution < -0.4 is 4.74 Å². The molecule has 1 aromatic carbocycles. The number of methoxy groups -OCH3 is 1. The average Bonchev–Trinajstić information content (AvgIpc) is 2.32. The number of hydrogen-bond acceptors (Lipinski definition) is 3. The number of aromatic hydroxyl groups is 1. The minimum Gasteiger partial charge on any atom is -0.507 e. The van der Waals surface area contributed by atoms with Gasteiger partial charge in [0.1, 0.15) is 17.2 Å². The van der Waals surface area contributed by atoms with Crippen molar-refractivity contribution in [2.24, 2.45) is 0 Å².